The highest BCUT2D eigenvalue weighted by molar-refractivity contribution is 5.92. The van der Waals surface area contributed by atoms with Gasteiger partial charge in [-0.2, -0.15) is 5.10 Å². The van der Waals surface area contributed by atoms with Gasteiger partial charge in [-0.1, -0.05) is 25.5 Å². The Labute approximate surface area is 175 Å². The lowest BCUT2D eigenvalue weighted by Gasteiger charge is -2.30. The molecule has 1 amide bonds. The first kappa shape index (κ1) is 20.3. The molecule has 1 aromatic carbocycles. The van der Waals surface area contributed by atoms with Crippen LogP contribution in [0.5, 0.6) is 0 Å². The second-order valence-electron chi connectivity index (χ2n) is 7.94. The highest BCUT2D eigenvalue weighted by Gasteiger charge is 2.29. The number of hydrogen-bond donors (Lipinski definition) is 1. The Morgan fingerprint density at radius 3 is 2.97 bits per heavy atom. The number of piperidine rings is 1. The zero-order valence-electron chi connectivity index (χ0n) is 17.2. The van der Waals surface area contributed by atoms with Crippen molar-refractivity contribution in [2.75, 3.05) is 13.1 Å². The van der Waals surface area contributed by atoms with Crippen molar-refractivity contribution in [1.29, 1.82) is 0 Å². The van der Waals surface area contributed by atoms with Crippen LogP contribution in [0.25, 0.3) is 0 Å². The van der Waals surface area contributed by atoms with E-state index in [1.807, 2.05) is 11.0 Å². The molecule has 1 aliphatic heterocycles. The summed E-state index contributed by atoms with van der Waals surface area (Å²) >= 11 is 0. The van der Waals surface area contributed by atoms with E-state index in [2.05, 4.69) is 22.1 Å². The second kappa shape index (κ2) is 9.24. The van der Waals surface area contributed by atoms with Crippen molar-refractivity contribution in [3.8, 4) is 0 Å². The van der Waals surface area contributed by atoms with Crippen molar-refractivity contribution in [3.05, 3.63) is 70.9 Å². The molecule has 1 fully saturated rings. The molecule has 0 saturated carbocycles. The van der Waals surface area contributed by atoms with Crippen LogP contribution in [-0.2, 0) is 12.8 Å². The Morgan fingerprint density at radius 1 is 1.33 bits per heavy atom. The number of aromatic nitrogens is 3. The summed E-state index contributed by atoms with van der Waals surface area (Å²) in [5, 5.41) is 7.20. The molecule has 0 radical (unpaired) electrons. The summed E-state index contributed by atoms with van der Waals surface area (Å²) in [4.78, 5) is 19.2. The van der Waals surface area contributed by atoms with E-state index in [1.165, 1.54) is 12.1 Å². The average Bonchev–Trinajstić information content (AvgIpc) is 3.43. The number of benzene rings is 1. The zero-order valence-corrected chi connectivity index (χ0v) is 17.2. The lowest BCUT2D eigenvalue weighted by Crippen LogP contribution is -2.39. The molecule has 3 heterocycles. The molecule has 1 N–H and O–H groups in total. The van der Waals surface area contributed by atoms with Gasteiger partial charge < -0.3 is 9.32 Å². The van der Waals surface area contributed by atoms with Gasteiger partial charge in [0, 0.05) is 25.2 Å². The molecule has 30 heavy (non-hydrogen) atoms. The molecule has 3 aromatic rings. The van der Waals surface area contributed by atoms with Crippen molar-refractivity contribution >= 4 is 5.91 Å². The van der Waals surface area contributed by atoms with Gasteiger partial charge in [-0.15, -0.1) is 0 Å². The van der Waals surface area contributed by atoms with Crippen LogP contribution < -0.4 is 0 Å². The number of H-pyrrole nitrogens is 1. The highest BCUT2D eigenvalue weighted by atomic mass is 19.1. The van der Waals surface area contributed by atoms with Crippen molar-refractivity contribution < 1.29 is 13.6 Å². The summed E-state index contributed by atoms with van der Waals surface area (Å²) < 4.78 is 19.1. The Hall–Kier alpha value is -2.96. The number of carbonyl (C=O) groups excluding carboxylic acids is 1. The maximum atomic E-state index is 13.1. The Bertz CT molecular complexity index is 979. The van der Waals surface area contributed by atoms with E-state index < -0.39 is 0 Å². The monoisotopic (exact) mass is 410 g/mol. The third kappa shape index (κ3) is 4.78. The standard InChI is InChI=1S/C23H27FN4O2/c1-2-3-6-19-13-21(27-26-19)23(29)28-11-4-5-17(15-28)22-25-14-20(30-22)12-16-7-9-18(24)10-8-16/h7-10,13-14,17H,2-6,11-12,15H2,1H3,(H,26,27). The summed E-state index contributed by atoms with van der Waals surface area (Å²) in [6.07, 6.45) is 7.22. The molecule has 1 aliphatic rings. The van der Waals surface area contributed by atoms with E-state index in [-0.39, 0.29) is 17.6 Å². The number of nitrogens with one attached hydrogen (secondary N) is 1. The van der Waals surface area contributed by atoms with Crippen LogP contribution in [0.3, 0.4) is 0 Å². The van der Waals surface area contributed by atoms with Crippen LogP contribution in [0.4, 0.5) is 4.39 Å². The molecule has 1 saturated heterocycles. The Balaban J connectivity index is 1.39. The molecule has 2 aromatic heterocycles. The van der Waals surface area contributed by atoms with E-state index >= 15 is 0 Å². The number of aryl methyl sites for hydroxylation is 1. The number of carbonyl (C=O) groups is 1. The lowest BCUT2D eigenvalue weighted by molar-refractivity contribution is 0.0692. The molecule has 6 nitrogen and oxygen atoms in total. The molecule has 1 atom stereocenters. The maximum Gasteiger partial charge on any atom is 0.274 e. The van der Waals surface area contributed by atoms with Crippen LogP contribution in [0.2, 0.25) is 0 Å². The van der Waals surface area contributed by atoms with E-state index in [1.54, 1.807) is 18.3 Å². The SMILES string of the molecule is CCCCc1cc(C(=O)N2CCCC(c3ncc(Cc4ccc(F)cc4)o3)C2)n[nH]1. The number of oxazole rings is 1. The lowest BCUT2D eigenvalue weighted by atomic mass is 9.97. The van der Waals surface area contributed by atoms with Crippen LogP contribution in [0, 0.1) is 5.82 Å². The molecule has 1 unspecified atom stereocenters. The van der Waals surface area contributed by atoms with Gasteiger partial charge in [-0.25, -0.2) is 9.37 Å². The topological polar surface area (TPSA) is 75.0 Å². The smallest absolute Gasteiger partial charge is 0.274 e. The normalized spacial score (nSPS) is 16.7. The minimum Gasteiger partial charge on any atom is -0.445 e. The highest BCUT2D eigenvalue weighted by Crippen LogP contribution is 2.28. The van der Waals surface area contributed by atoms with Crippen LogP contribution in [-0.4, -0.2) is 39.1 Å². The quantitative estimate of drug-likeness (QED) is 0.623. The fraction of sp³-hybridized carbons (Fsp3) is 0.435. The number of amides is 1. The van der Waals surface area contributed by atoms with Crippen molar-refractivity contribution in [1.82, 2.24) is 20.1 Å². The minimum atomic E-state index is -0.252. The van der Waals surface area contributed by atoms with Gasteiger partial charge in [-0.05, 0) is 49.4 Å². The molecule has 158 valence electrons. The molecular weight excluding hydrogens is 383 g/mol. The van der Waals surface area contributed by atoms with Crippen molar-refractivity contribution in [2.45, 2.75) is 51.4 Å². The van der Waals surface area contributed by atoms with Crippen LogP contribution in [0.15, 0.2) is 40.9 Å². The first-order valence-corrected chi connectivity index (χ1v) is 10.6. The summed E-state index contributed by atoms with van der Waals surface area (Å²) in [6, 6.07) is 8.25. The number of hydrogen-bond acceptors (Lipinski definition) is 4. The second-order valence-corrected chi connectivity index (χ2v) is 7.94. The summed E-state index contributed by atoms with van der Waals surface area (Å²) in [5.41, 5.74) is 2.45. The fourth-order valence-electron chi connectivity index (χ4n) is 3.89. The molecular formula is C23H27FN4O2. The molecule has 0 bridgehead atoms. The molecule has 4 rings (SSSR count). The van der Waals surface area contributed by atoms with Gasteiger partial charge in [0.1, 0.15) is 17.3 Å². The fourth-order valence-corrected chi connectivity index (χ4v) is 3.89. The largest absolute Gasteiger partial charge is 0.445 e. The van der Waals surface area contributed by atoms with Gasteiger partial charge in [0.15, 0.2) is 5.89 Å². The zero-order chi connectivity index (χ0) is 20.9. The first-order valence-electron chi connectivity index (χ1n) is 10.6. The minimum absolute atomic E-state index is 0.0446. The number of unbranched alkanes of at least 4 members (excludes halogenated alkanes) is 1. The predicted molar refractivity (Wildman–Crippen MR) is 111 cm³/mol. The van der Waals surface area contributed by atoms with Gasteiger partial charge in [0.05, 0.1) is 12.1 Å². The third-order valence-electron chi connectivity index (χ3n) is 5.57. The first-order chi connectivity index (χ1) is 14.6. The van der Waals surface area contributed by atoms with Gasteiger partial charge in [0.25, 0.3) is 5.91 Å². The van der Waals surface area contributed by atoms with Gasteiger partial charge in [0.2, 0.25) is 0 Å². The molecule has 0 spiro atoms. The number of likely N-dealkylation sites (tertiary alicyclic amines) is 1. The van der Waals surface area contributed by atoms with E-state index in [0.29, 0.717) is 24.6 Å². The third-order valence-corrected chi connectivity index (χ3v) is 5.57. The number of halogens is 1. The van der Waals surface area contributed by atoms with Gasteiger partial charge in [-0.3, -0.25) is 9.89 Å². The van der Waals surface area contributed by atoms with Crippen molar-refractivity contribution in [3.63, 3.8) is 0 Å². The summed E-state index contributed by atoms with van der Waals surface area (Å²) in [6.45, 7) is 3.44. The number of nitrogens with zero attached hydrogens (tertiary/aromatic N) is 3. The molecule has 0 aliphatic carbocycles. The predicted octanol–water partition coefficient (Wildman–Crippen LogP) is 4.49. The Kier molecular flexibility index (Phi) is 6.26. The number of rotatable bonds is 7. The van der Waals surface area contributed by atoms with E-state index in [9.17, 15) is 9.18 Å². The van der Waals surface area contributed by atoms with E-state index in [0.717, 1.165) is 55.7 Å². The summed E-state index contributed by atoms with van der Waals surface area (Å²) in [5.74, 6) is 1.18. The Morgan fingerprint density at radius 2 is 2.17 bits per heavy atom. The molecule has 7 heteroatoms. The van der Waals surface area contributed by atoms with Crippen LogP contribution in [0.1, 0.15) is 71.9 Å². The summed E-state index contributed by atoms with van der Waals surface area (Å²) in [7, 11) is 0. The number of aromatic amines is 1. The maximum absolute atomic E-state index is 13.1. The van der Waals surface area contributed by atoms with Crippen LogP contribution >= 0.6 is 0 Å². The van der Waals surface area contributed by atoms with E-state index in [4.69, 9.17) is 4.42 Å². The average molecular weight is 410 g/mol. The van der Waals surface area contributed by atoms with Gasteiger partial charge >= 0.3 is 0 Å². The van der Waals surface area contributed by atoms with Crippen molar-refractivity contribution in [2.24, 2.45) is 0 Å².